The molecule has 8 nitrogen and oxygen atoms in total. The smallest absolute Gasteiger partial charge is 0.338 e. The fourth-order valence-electron chi connectivity index (χ4n) is 3.62. The number of alkyl halides is 1. The van der Waals surface area contributed by atoms with Crippen molar-refractivity contribution in [1.29, 1.82) is 0 Å². The van der Waals surface area contributed by atoms with Crippen molar-refractivity contribution in [2.75, 3.05) is 6.61 Å². The molecule has 0 amide bonds. The van der Waals surface area contributed by atoms with Crippen LogP contribution in [-0.4, -0.2) is 59.6 Å². The Bertz CT molecular complexity index is 1170. The van der Waals surface area contributed by atoms with Gasteiger partial charge in [-0.2, -0.15) is 0 Å². The fraction of sp³-hybridized carbons (Fsp3) is 0.222. The van der Waals surface area contributed by atoms with Gasteiger partial charge in [-0.15, -0.1) is 11.6 Å². The van der Waals surface area contributed by atoms with Crippen LogP contribution in [0.3, 0.4) is 0 Å². The van der Waals surface area contributed by atoms with Crippen LogP contribution < -0.4 is 0 Å². The SMILES string of the molecule is O=C(OCC1O[C@H](O)[C@@H](OC(=O)c2ccccc2)[C@@H](OC(=O)c2ccccc2)[C@@H]1Cl)c1ccccc1. The molecular weight excluding hydrogens is 488 g/mol. The highest BCUT2D eigenvalue weighted by molar-refractivity contribution is 6.21. The largest absolute Gasteiger partial charge is 0.459 e. The lowest BCUT2D eigenvalue weighted by Crippen LogP contribution is -2.59. The zero-order valence-corrected chi connectivity index (χ0v) is 19.7. The zero-order chi connectivity index (χ0) is 25.5. The van der Waals surface area contributed by atoms with Crippen molar-refractivity contribution in [1.82, 2.24) is 0 Å². The Morgan fingerprint density at radius 1 is 0.694 bits per heavy atom. The van der Waals surface area contributed by atoms with Gasteiger partial charge in [-0.25, -0.2) is 14.4 Å². The van der Waals surface area contributed by atoms with Gasteiger partial charge in [-0.3, -0.25) is 0 Å². The molecular formula is C27H23ClO8. The van der Waals surface area contributed by atoms with Crippen molar-refractivity contribution in [3.63, 3.8) is 0 Å². The van der Waals surface area contributed by atoms with Gasteiger partial charge >= 0.3 is 17.9 Å². The summed E-state index contributed by atoms with van der Waals surface area (Å²) < 4.78 is 21.9. The second-order valence-corrected chi connectivity index (χ2v) is 8.45. The van der Waals surface area contributed by atoms with Crippen LogP contribution in [0, 0.1) is 0 Å². The fourth-order valence-corrected chi connectivity index (χ4v) is 3.95. The summed E-state index contributed by atoms with van der Waals surface area (Å²) in [4.78, 5) is 37.8. The molecule has 1 aliphatic heterocycles. The maximum absolute atomic E-state index is 12.8. The van der Waals surface area contributed by atoms with E-state index >= 15 is 0 Å². The first kappa shape index (κ1) is 25.4. The van der Waals surface area contributed by atoms with E-state index in [2.05, 4.69) is 0 Å². The summed E-state index contributed by atoms with van der Waals surface area (Å²) in [5.41, 5.74) is 0.784. The highest BCUT2D eigenvalue weighted by Crippen LogP contribution is 2.30. The summed E-state index contributed by atoms with van der Waals surface area (Å²) in [5, 5.41) is 9.57. The van der Waals surface area contributed by atoms with Crippen LogP contribution in [0.25, 0.3) is 0 Å². The molecule has 1 unspecified atom stereocenters. The van der Waals surface area contributed by atoms with Crippen LogP contribution in [0.1, 0.15) is 31.1 Å². The van der Waals surface area contributed by atoms with Gasteiger partial charge in [0.25, 0.3) is 0 Å². The maximum atomic E-state index is 12.8. The van der Waals surface area contributed by atoms with Gasteiger partial charge in [0.15, 0.2) is 18.5 Å². The normalized spacial score (nSPS) is 23.3. The molecule has 3 aromatic rings. The van der Waals surface area contributed by atoms with Crippen molar-refractivity contribution in [3.8, 4) is 0 Å². The Balaban J connectivity index is 1.52. The molecule has 5 atom stereocenters. The van der Waals surface area contributed by atoms with E-state index in [4.69, 9.17) is 30.5 Å². The van der Waals surface area contributed by atoms with Gasteiger partial charge < -0.3 is 24.1 Å². The zero-order valence-electron chi connectivity index (χ0n) is 18.9. The van der Waals surface area contributed by atoms with E-state index in [0.29, 0.717) is 5.56 Å². The van der Waals surface area contributed by atoms with Crippen LogP contribution in [0.2, 0.25) is 0 Å². The molecule has 0 aromatic heterocycles. The van der Waals surface area contributed by atoms with Crippen molar-refractivity contribution in [2.24, 2.45) is 0 Å². The third kappa shape index (κ3) is 6.09. The number of rotatable bonds is 7. The van der Waals surface area contributed by atoms with E-state index in [1.807, 2.05) is 0 Å². The first-order chi connectivity index (χ1) is 17.4. The molecule has 186 valence electrons. The molecule has 1 fully saturated rings. The van der Waals surface area contributed by atoms with Gasteiger partial charge in [0.1, 0.15) is 18.1 Å². The molecule has 0 saturated carbocycles. The number of benzene rings is 3. The topological polar surface area (TPSA) is 108 Å². The lowest BCUT2D eigenvalue weighted by molar-refractivity contribution is -0.248. The summed E-state index contributed by atoms with van der Waals surface area (Å²) >= 11 is 6.60. The molecule has 0 radical (unpaired) electrons. The molecule has 0 aliphatic carbocycles. The van der Waals surface area contributed by atoms with Crippen molar-refractivity contribution in [2.45, 2.75) is 30.0 Å². The number of carbonyl (C=O) groups is 3. The van der Waals surface area contributed by atoms with Crippen LogP contribution in [0.15, 0.2) is 91.0 Å². The van der Waals surface area contributed by atoms with Gasteiger partial charge in [0.2, 0.25) is 0 Å². The summed E-state index contributed by atoms with van der Waals surface area (Å²) in [6.07, 6.45) is -5.51. The average molecular weight is 511 g/mol. The molecule has 1 saturated heterocycles. The minimum Gasteiger partial charge on any atom is -0.459 e. The minimum atomic E-state index is -1.71. The first-order valence-corrected chi connectivity index (χ1v) is 11.6. The quantitative estimate of drug-likeness (QED) is 0.292. The second-order valence-electron chi connectivity index (χ2n) is 7.95. The number of esters is 3. The summed E-state index contributed by atoms with van der Waals surface area (Å²) in [5.74, 6) is -2.11. The molecule has 1 N–H and O–H groups in total. The number of aliphatic hydroxyl groups excluding tert-OH is 1. The molecule has 4 rings (SSSR count). The minimum absolute atomic E-state index is 0.225. The van der Waals surface area contributed by atoms with Crippen molar-refractivity contribution in [3.05, 3.63) is 108 Å². The van der Waals surface area contributed by atoms with Gasteiger partial charge in [0, 0.05) is 0 Å². The molecule has 9 heteroatoms. The van der Waals surface area contributed by atoms with Gasteiger partial charge in [-0.05, 0) is 36.4 Å². The van der Waals surface area contributed by atoms with Gasteiger partial charge in [0.05, 0.1) is 16.7 Å². The molecule has 3 aromatic carbocycles. The Kier molecular flexibility index (Phi) is 8.32. The third-order valence-electron chi connectivity index (χ3n) is 5.48. The highest BCUT2D eigenvalue weighted by atomic mass is 35.5. The standard InChI is InChI=1S/C27H23ClO8/c28-21-20(16-33-24(29)17-10-4-1-5-11-17)34-27(32)23(36-26(31)19-14-8-3-9-15-19)22(21)35-25(30)18-12-6-2-7-13-18/h1-15,20-23,27,32H,16H2/t20?,21-,22+,23+,27+/m1/s1. The van der Waals surface area contributed by atoms with Crippen LogP contribution in [0.5, 0.6) is 0 Å². The predicted molar refractivity (Wildman–Crippen MR) is 129 cm³/mol. The third-order valence-corrected chi connectivity index (χ3v) is 6.01. The van der Waals surface area contributed by atoms with Gasteiger partial charge in [-0.1, -0.05) is 54.6 Å². The van der Waals surface area contributed by atoms with E-state index in [-0.39, 0.29) is 17.7 Å². The van der Waals surface area contributed by atoms with E-state index in [1.165, 1.54) is 12.1 Å². The summed E-state index contributed by atoms with van der Waals surface area (Å²) in [7, 11) is 0. The Morgan fingerprint density at radius 2 is 1.11 bits per heavy atom. The highest BCUT2D eigenvalue weighted by Gasteiger charge is 2.49. The maximum Gasteiger partial charge on any atom is 0.338 e. The molecule has 1 heterocycles. The number of ether oxygens (including phenoxy) is 4. The molecule has 0 spiro atoms. The van der Waals surface area contributed by atoms with Crippen LogP contribution in [0.4, 0.5) is 0 Å². The molecule has 36 heavy (non-hydrogen) atoms. The number of aliphatic hydroxyl groups is 1. The lowest BCUT2D eigenvalue weighted by atomic mass is 10.0. The molecule has 1 aliphatic rings. The van der Waals surface area contributed by atoms with E-state index in [1.54, 1.807) is 78.9 Å². The monoisotopic (exact) mass is 510 g/mol. The van der Waals surface area contributed by atoms with E-state index in [9.17, 15) is 19.5 Å². The Labute approximate surface area is 212 Å². The van der Waals surface area contributed by atoms with Crippen LogP contribution >= 0.6 is 11.6 Å². The number of hydrogen-bond donors (Lipinski definition) is 1. The molecule has 0 bridgehead atoms. The number of hydrogen-bond acceptors (Lipinski definition) is 8. The summed E-state index contributed by atoms with van der Waals surface area (Å²) in [6.45, 7) is -0.336. The number of halogens is 1. The Morgan fingerprint density at radius 3 is 1.58 bits per heavy atom. The van der Waals surface area contributed by atoms with Crippen molar-refractivity contribution >= 4 is 29.5 Å². The Hall–Kier alpha value is -3.72. The van der Waals surface area contributed by atoms with E-state index < -0.39 is 47.9 Å². The lowest BCUT2D eigenvalue weighted by Gasteiger charge is -2.41. The first-order valence-electron chi connectivity index (χ1n) is 11.2. The summed E-state index contributed by atoms with van der Waals surface area (Å²) in [6, 6.07) is 24.6. The van der Waals surface area contributed by atoms with Crippen LogP contribution in [-0.2, 0) is 18.9 Å². The average Bonchev–Trinajstić information content (AvgIpc) is 2.92. The predicted octanol–water partition coefficient (Wildman–Crippen LogP) is 3.62. The van der Waals surface area contributed by atoms with Crippen molar-refractivity contribution < 1.29 is 38.4 Å². The number of carbonyl (C=O) groups excluding carboxylic acids is 3. The second kappa shape index (κ2) is 11.8. The van der Waals surface area contributed by atoms with E-state index in [0.717, 1.165) is 0 Å².